The van der Waals surface area contributed by atoms with E-state index in [-0.39, 0.29) is 6.10 Å². The molecule has 0 unspecified atom stereocenters. The molecule has 0 saturated heterocycles. The summed E-state index contributed by atoms with van der Waals surface area (Å²) in [6, 6.07) is 12.7. The molecule has 0 spiro atoms. The van der Waals surface area contributed by atoms with Crippen LogP contribution in [-0.2, 0) is 0 Å². The maximum atomic E-state index is 9.60. The highest BCUT2D eigenvalue weighted by Crippen LogP contribution is 2.25. The third kappa shape index (κ3) is 2.50. The van der Waals surface area contributed by atoms with Crippen LogP contribution in [0.1, 0.15) is 25.7 Å². The Morgan fingerprint density at radius 3 is 2.45 bits per heavy atom. The van der Waals surface area contributed by atoms with Crippen molar-refractivity contribution < 1.29 is 5.11 Å². The lowest BCUT2D eigenvalue weighted by atomic mass is 9.93. The summed E-state index contributed by atoms with van der Waals surface area (Å²) in [6.07, 6.45) is 5.41. The Morgan fingerprint density at radius 1 is 0.909 bits per heavy atom. The molecule has 0 amide bonds. The predicted molar refractivity (Wildman–Crippen MR) is 88.9 cm³/mol. The third-order valence-corrected chi connectivity index (χ3v) is 4.48. The Labute approximate surface area is 129 Å². The predicted octanol–water partition coefficient (Wildman–Crippen LogP) is 3.50. The van der Waals surface area contributed by atoms with Gasteiger partial charge < -0.3 is 10.4 Å². The number of benzene rings is 1. The van der Waals surface area contributed by atoms with E-state index < -0.39 is 0 Å². The van der Waals surface area contributed by atoms with Gasteiger partial charge in [-0.25, -0.2) is 4.98 Å². The Kier molecular flexibility index (Phi) is 3.39. The Morgan fingerprint density at radius 2 is 1.64 bits per heavy atom. The van der Waals surface area contributed by atoms with E-state index >= 15 is 0 Å². The lowest BCUT2D eigenvalue weighted by molar-refractivity contribution is 0.126. The highest BCUT2D eigenvalue weighted by atomic mass is 16.3. The van der Waals surface area contributed by atoms with Crippen molar-refractivity contribution in [2.45, 2.75) is 37.8 Å². The molecule has 1 aromatic carbocycles. The van der Waals surface area contributed by atoms with Crippen LogP contribution in [0.5, 0.6) is 0 Å². The van der Waals surface area contributed by atoms with Crippen molar-refractivity contribution in [3.63, 3.8) is 0 Å². The molecule has 1 fully saturated rings. The van der Waals surface area contributed by atoms with Crippen molar-refractivity contribution in [2.24, 2.45) is 0 Å². The van der Waals surface area contributed by atoms with Gasteiger partial charge in [-0.05, 0) is 43.9 Å². The zero-order valence-electron chi connectivity index (χ0n) is 12.4. The second-order valence-corrected chi connectivity index (χ2v) is 6.06. The van der Waals surface area contributed by atoms with Gasteiger partial charge in [0, 0.05) is 23.0 Å². The summed E-state index contributed by atoms with van der Waals surface area (Å²) < 4.78 is 0. The van der Waals surface area contributed by atoms with Crippen molar-refractivity contribution in [1.82, 2.24) is 9.97 Å². The van der Waals surface area contributed by atoms with Gasteiger partial charge in [0.2, 0.25) is 0 Å². The molecule has 22 heavy (non-hydrogen) atoms. The van der Waals surface area contributed by atoms with E-state index in [2.05, 4.69) is 34.6 Å². The number of aliphatic hydroxyl groups excluding tert-OH is 1. The summed E-state index contributed by atoms with van der Waals surface area (Å²) in [7, 11) is 0. The SMILES string of the molecule is OC1CCC(Nc2ccc3ccc4cccnc4c3n2)CC1. The van der Waals surface area contributed by atoms with Crippen molar-refractivity contribution in [3.05, 3.63) is 42.6 Å². The van der Waals surface area contributed by atoms with E-state index in [1.807, 2.05) is 18.3 Å². The van der Waals surface area contributed by atoms with Gasteiger partial charge in [0.25, 0.3) is 0 Å². The first-order valence-electron chi connectivity index (χ1n) is 7.89. The van der Waals surface area contributed by atoms with E-state index in [4.69, 9.17) is 4.98 Å². The highest BCUT2D eigenvalue weighted by molar-refractivity contribution is 6.03. The summed E-state index contributed by atoms with van der Waals surface area (Å²) in [5.74, 6) is 0.895. The second kappa shape index (κ2) is 5.54. The van der Waals surface area contributed by atoms with E-state index in [0.29, 0.717) is 6.04 Å². The third-order valence-electron chi connectivity index (χ3n) is 4.48. The molecule has 0 bridgehead atoms. The first-order chi connectivity index (χ1) is 10.8. The van der Waals surface area contributed by atoms with Gasteiger partial charge >= 0.3 is 0 Å². The molecule has 2 heterocycles. The van der Waals surface area contributed by atoms with Crippen LogP contribution in [0.3, 0.4) is 0 Å². The van der Waals surface area contributed by atoms with Gasteiger partial charge in [0.05, 0.1) is 17.1 Å². The molecule has 1 aliphatic carbocycles. The fourth-order valence-corrected chi connectivity index (χ4v) is 3.23. The average Bonchev–Trinajstić information content (AvgIpc) is 2.57. The van der Waals surface area contributed by atoms with Crippen LogP contribution in [0.4, 0.5) is 5.82 Å². The number of aliphatic hydroxyl groups is 1. The van der Waals surface area contributed by atoms with Crippen LogP contribution in [0.2, 0.25) is 0 Å². The van der Waals surface area contributed by atoms with Gasteiger partial charge in [-0.2, -0.15) is 0 Å². The number of fused-ring (bicyclic) bond motifs is 3. The largest absolute Gasteiger partial charge is 0.393 e. The van der Waals surface area contributed by atoms with E-state index in [1.165, 1.54) is 0 Å². The van der Waals surface area contributed by atoms with E-state index in [1.54, 1.807) is 0 Å². The molecule has 0 atom stereocenters. The molecular formula is C18H19N3O. The van der Waals surface area contributed by atoms with Crippen LogP contribution in [0, 0.1) is 0 Å². The smallest absolute Gasteiger partial charge is 0.126 e. The zero-order chi connectivity index (χ0) is 14.9. The Hall–Kier alpha value is -2.20. The topological polar surface area (TPSA) is 58.0 Å². The molecule has 3 aromatic rings. The van der Waals surface area contributed by atoms with Crippen molar-refractivity contribution in [1.29, 1.82) is 0 Å². The lowest BCUT2D eigenvalue weighted by Gasteiger charge is -2.26. The molecular weight excluding hydrogens is 274 g/mol. The summed E-state index contributed by atoms with van der Waals surface area (Å²) in [5.41, 5.74) is 1.89. The first-order valence-corrected chi connectivity index (χ1v) is 7.89. The molecule has 4 rings (SSSR count). The Balaban J connectivity index is 1.69. The minimum Gasteiger partial charge on any atom is -0.393 e. The van der Waals surface area contributed by atoms with Gasteiger partial charge in [-0.15, -0.1) is 0 Å². The quantitative estimate of drug-likeness (QED) is 0.710. The normalized spacial score (nSPS) is 22.0. The molecule has 0 radical (unpaired) electrons. The molecule has 1 aliphatic rings. The molecule has 1 saturated carbocycles. The number of nitrogens with zero attached hydrogens (tertiary/aromatic N) is 2. The number of nitrogens with one attached hydrogen (secondary N) is 1. The van der Waals surface area contributed by atoms with Crippen molar-refractivity contribution >= 4 is 27.6 Å². The van der Waals surface area contributed by atoms with Gasteiger partial charge in [-0.3, -0.25) is 4.98 Å². The fourth-order valence-electron chi connectivity index (χ4n) is 3.23. The van der Waals surface area contributed by atoms with Crippen LogP contribution in [0.25, 0.3) is 21.8 Å². The maximum Gasteiger partial charge on any atom is 0.126 e. The van der Waals surface area contributed by atoms with Crippen LogP contribution in [-0.4, -0.2) is 27.2 Å². The molecule has 112 valence electrons. The molecule has 2 N–H and O–H groups in total. The summed E-state index contributed by atoms with van der Waals surface area (Å²) in [6.45, 7) is 0. The molecule has 2 aromatic heterocycles. The minimum atomic E-state index is -0.129. The monoisotopic (exact) mass is 293 g/mol. The number of hydrogen-bond donors (Lipinski definition) is 2. The fraction of sp³-hybridized carbons (Fsp3) is 0.333. The summed E-state index contributed by atoms with van der Waals surface area (Å²) >= 11 is 0. The van der Waals surface area contributed by atoms with Crippen molar-refractivity contribution in [3.8, 4) is 0 Å². The zero-order valence-corrected chi connectivity index (χ0v) is 12.4. The number of pyridine rings is 2. The minimum absolute atomic E-state index is 0.129. The maximum absolute atomic E-state index is 9.60. The number of anilines is 1. The number of aromatic nitrogens is 2. The summed E-state index contributed by atoms with van der Waals surface area (Å²) in [5, 5.41) is 15.3. The van der Waals surface area contributed by atoms with Gasteiger partial charge in [0.1, 0.15) is 5.82 Å². The molecule has 4 nitrogen and oxygen atoms in total. The lowest BCUT2D eigenvalue weighted by Crippen LogP contribution is -2.28. The van der Waals surface area contributed by atoms with Crippen LogP contribution >= 0.6 is 0 Å². The standard InChI is InChI=1S/C18H19N3O/c22-15-8-6-14(7-9-15)20-16-10-5-13-4-3-12-2-1-11-19-17(12)18(13)21-16/h1-5,10-11,14-15,22H,6-9H2,(H,20,21). The molecule has 0 aliphatic heterocycles. The number of hydrogen-bond acceptors (Lipinski definition) is 4. The van der Waals surface area contributed by atoms with Gasteiger partial charge in [-0.1, -0.05) is 18.2 Å². The Bertz CT molecular complexity index is 810. The van der Waals surface area contributed by atoms with Crippen LogP contribution < -0.4 is 5.32 Å². The van der Waals surface area contributed by atoms with E-state index in [0.717, 1.165) is 53.3 Å². The van der Waals surface area contributed by atoms with Crippen LogP contribution in [0.15, 0.2) is 42.6 Å². The summed E-state index contributed by atoms with van der Waals surface area (Å²) in [4.78, 5) is 9.26. The second-order valence-electron chi connectivity index (χ2n) is 6.06. The average molecular weight is 293 g/mol. The van der Waals surface area contributed by atoms with Gasteiger partial charge in [0.15, 0.2) is 0 Å². The van der Waals surface area contributed by atoms with E-state index in [9.17, 15) is 5.11 Å². The highest BCUT2D eigenvalue weighted by Gasteiger charge is 2.19. The molecule has 4 heteroatoms. The first kappa shape index (κ1) is 13.5. The van der Waals surface area contributed by atoms with Crippen molar-refractivity contribution in [2.75, 3.05) is 5.32 Å². The number of rotatable bonds is 2.